The van der Waals surface area contributed by atoms with Crippen LogP contribution in [0.3, 0.4) is 0 Å². The van der Waals surface area contributed by atoms with Gasteiger partial charge in [0.15, 0.2) is 0 Å². The third kappa shape index (κ3) is 4.55. The Morgan fingerprint density at radius 1 is 1.28 bits per heavy atom. The molecule has 2 aliphatic rings. The van der Waals surface area contributed by atoms with Gasteiger partial charge < -0.3 is 14.7 Å². The number of anilines is 1. The Kier molecular flexibility index (Phi) is 6.59. The van der Waals surface area contributed by atoms with Gasteiger partial charge in [-0.25, -0.2) is 0 Å². The summed E-state index contributed by atoms with van der Waals surface area (Å²) in [6.07, 6.45) is 5.86. The Balaban J connectivity index is 1.53. The molecule has 2 aromatic carbocycles. The van der Waals surface area contributed by atoms with Gasteiger partial charge in [0, 0.05) is 30.7 Å². The second-order valence-corrected chi connectivity index (χ2v) is 9.57. The third-order valence-corrected chi connectivity index (χ3v) is 7.22. The molecule has 1 aliphatic heterocycles. The van der Waals surface area contributed by atoms with Crippen molar-refractivity contribution in [1.29, 1.82) is 0 Å². The van der Waals surface area contributed by atoms with E-state index in [1.807, 2.05) is 17.0 Å². The van der Waals surface area contributed by atoms with Crippen molar-refractivity contribution in [2.75, 3.05) is 4.90 Å². The zero-order chi connectivity index (χ0) is 22.8. The molecule has 1 N–H and O–H groups in total. The van der Waals surface area contributed by atoms with Gasteiger partial charge in [-0.3, -0.25) is 4.79 Å². The van der Waals surface area contributed by atoms with Crippen molar-refractivity contribution >= 4 is 11.6 Å². The molecule has 1 saturated carbocycles. The molecular formula is C28H35NO3. The Labute approximate surface area is 191 Å². The molecule has 0 spiro atoms. The molecule has 170 valence electrons. The lowest BCUT2D eigenvalue weighted by Crippen LogP contribution is -2.48. The SMILES string of the molecule is C=C1CC[C@@H]2C(C1)c1c(O)cc(OC(C)CCCc3ccccc3)cc1N(C(C)=O)[C@@H]2C. The van der Waals surface area contributed by atoms with E-state index in [2.05, 4.69) is 44.7 Å². The Morgan fingerprint density at radius 3 is 2.75 bits per heavy atom. The van der Waals surface area contributed by atoms with E-state index < -0.39 is 0 Å². The molecule has 4 atom stereocenters. The van der Waals surface area contributed by atoms with Crippen LogP contribution in [0.25, 0.3) is 0 Å². The largest absolute Gasteiger partial charge is 0.507 e. The highest BCUT2D eigenvalue weighted by atomic mass is 16.5. The summed E-state index contributed by atoms with van der Waals surface area (Å²) < 4.78 is 6.20. The van der Waals surface area contributed by atoms with E-state index >= 15 is 0 Å². The molecule has 4 heteroatoms. The van der Waals surface area contributed by atoms with Gasteiger partial charge >= 0.3 is 0 Å². The van der Waals surface area contributed by atoms with Crippen LogP contribution in [0.1, 0.15) is 69.9 Å². The molecule has 1 amide bonds. The highest BCUT2D eigenvalue weighted by Crippen LogP contribution is 2.53. The summed E-state index contributed by atoms with van der Waals surface area (Å²) in [5.41, 5.74) is 4.24. The maximum atomic E-state index is 12.6. The topological polar surface area (TPSA) is 49.8 Å². The zero-order valence-corrected chi connectivity index (χ0v) is 19.5. The van der Waals surface area contributed by atoms with Crippen LogP contribution >= 0.6 is 0 Å². The molecular weight excluding hydrogens is 398 g/mol. The lowest BCUT2D eigenvalue weighted by atomic mass is 9.67. The van der Waals surface area contributed by atoms with Gasteiger partial charge in [-0.15, -0.1) is 0 Å². The normalized spacial score (nSPS) is 23.3. The number of ether oxygens (including phenoxy) is 1. The first-order chi connectivity index (χ1) is 15.3. The van der Waals surface area contributed by atoms with Crippen LogP contribution in [0.5, 0.6) is 11.5 Å². The summed E-state index contributed by atoms with van der Waals surface area (Å²) in [6.45, 7) is 10.0. The van der Waals surface area contributed by atoms with Gasteiger partial charge in [-0.2, -0.15) is 0 Å². The molecule has 2 aromatic rings. The molecule has 0 aromatic heterocycles. The minimum absolute atomic E-state index is 0.00839. The number of rotatable bonds is 6. The van der Waals surface area contributed by atoms with Gasteiger partial charge in [-0.1, -0.05) is 42.5 Å². The number of carbonyl (C=O) groups is 1. The first kappa shape index (κ1) is 22.4. The van der Waals surface area contributed by atoms with Crippen molar-refractivity contribution in [2.45, 2.75) is 77.4 Å². The van der Waals surface area contributed by atoms with E-state index in [1.54, 1.807) is 13.0 Å². The van der Waals surface area contributed by atoms with E-state index in [-0.39, 0.29) is 29.7 Å². The second kappa shape index (κ2) is 9.40. The molecule has 32 heavy (non-hydrogen) atoms. The quantitative estimate of drug-likeness (QED) is 0.538. The van der Waals surface area contributed by atoms with Crippen molar-refractivity contribution in [1.82, 2.24) is 0 Å². The highest BCUT2D eigenvalue weighted by Gasteiger charge is 2.43. The fourth-order valence-corrected chi connectivity index (χ4v) is 5.67. The number of aromatic hydroxyl groups is 1. The monoisotopic (exact) mass is 433 g/mol. The second-order valence-electron chi connectivity index (χ2n) is 9.57. The number of hydrogen-bond donors (Lipinski definition) is 1. The van der Waals surface area contributed by atoms with Crippen LogP contribution in [0.4, 0.5) is 5.69 Å². The van der Waals surface area contributed by atoms with Gasteiger partial charge in [0.05, 0.1) is 11.8 Å². The number of benzene rings is 2. The summed E-state index contributed by atoms with van der Waals surface area (Å²) in [4.78, 5) is 14.5. The lowest BCUT2D eigenvalue weighted by Gasteiger charge is -2.47. The fraction of sp³-hybridized carbons (Fsp3) is 0.464. The molecule has 0 radical (unpaired) electrons. The smallest absolute Gasteiger partial charge is 0.224 e. The first-order valence-corrected chi connectivity index (χ1v) is 11.9. The number of nitrogens with zero attached hydrogens (tertiary/aromatic N) is 1. The fourth-order valence-electron chi connectivity index (χ4n) is 5.67. The Morgan fingerprint density at radius 2 is 2.03 bits per heavy atom. The average molecular weight is 434 g/mol. The van der Waals surface area contributed by atoms with Crippen LogP contribution in [0.2, 0.25) is 0 Å². The van der Waals surface area contributed by atoms with Crippen LogP contribution in [0, 0.1) is 5.92 Å². The van der Waals surface area contributed by atoms with Crippen LogP contribution in [0.15, 0.2) is 54.6 Å². The number of amides is 1. The van der Waals surface area contributed by atoms with Gasteiger partial charge in [0.2, 0.25) is 5.91 Å². The van der Waals surface area contributed by atoms with Gasteiger partial charge in [0.1, 0.15) is 11.5 Å². The molecule has 4 nitrogen and oxygen atoms in total. The van der Waals surface area contributed by atoms with Crippen LogP contribution in [-0.2, 0) is 11.2 Å². The summed E-state index contributed by atoms with van der Waals surface area (Å²) in [7, 11) is 0. The average Bonchev–Trinajstić information content (AvgIpc) is 2.73. The highest BCUT2D eigenvalue weighted by molar-refractivity contribution is 5.94. The van der Waals surface area contributed by atoms with E-state index in [4.69, 9.17) is 4.74 Å². The predicted octanol–water partition coefficient (Wildman–Crippen LogP) is 6.38. The number of carbonyl (C=O) groups excluding carboxylic acids is 1. The minimum atomic E-state index is 0.00839. The Bertz CT molecular complexity index is 984. The summed E-state index contributed by atoms with van der Waals surface area (Å²) in [5.74, 6) is 1.41. The van der Waals surface area contributed by atoms with Crippen molar-refractivity contribution in [3.63, 3.8) is 0 Å². The van der Waals surface area contributed by atoms with E-state index in [0.29, 0.717) is 11.7 Å². The van der Waals surface area contributed by atoms with E-state index in [0.717, 1.165) is 49.8 Å². The van der Waals surface area contributed by atoms with Gasteiger partial charge in [-0.05, 0) is 69.8 Å². The maximum Gasteiger partial charge on any atom is 0.224 e. The van der Waals surface area contributed by atoms with Crippen molar-refractivity contribution in [3.8, 4) is 11.5 Å². The van der Waals surface area contributed by atoms with Crippen molar-refractivity contribution in [3.05, 3.63) is 65.7 Å². The number of phenols is 1. The minimum Gasteiger partial charge on any atom is -0.507 e. The molecule has 4 rings (SSSR count). The molecule has 1 heterocycles. The molecule has 1 fully saturated rings. The summed E-state index contributed by atoms with van der Waals surface area (Å²) in [6, 6.07) is 14.3. The van der Waals surface area contributed by atoms with Crippen molar-refractivity contribution < 1.29 is 14.6 Å². The van der Waals surface area contributed by atoms with Gasteiger partial charge in [0.25, 0.3) is 0 Å². The molecule has 1 aliphatic carbocycles. The standard InChI is InChI=1S/C28H35NO3/c1-18-13-14-24-20(3)29(21(4)30)26-16-23(17-27(31)28(26)25(24)15-18)32-19(2)9-8-12-22-10-6-5-7-11-22/h5-7,10-11,16-17,19-20,24-25,31H,1,8-9,12-15H2,2-4H3/t19?,20-,24+,25?/m1/s1. The number of fused-ring (bicyclic) bond motifs is 3. The van der Waals surface area contributed by atoms with E-state index in [9.17, 15) is 9.90 Å². The summed E-state index contributed by atoms with van der Waals surface area (Å²) >= 11 is 0. The number of hydrogen-bond acceptors (Lipinski definition) is 3. The maximum absolute atomic E-state index is 12.6. The lowest BCUT2D eigenvalue weighted by molar-refractivity contribution is -0.117. The zero-order valence-electron chi connectivity index (χ0n) is 19.5. The molecule has 2 unspecified atom stereocenters. The third-order valence-electron chi connectivity index (χ3n) is 7.22. The number of allylic oxidation sites excluding steroid dienone is 1. The van der Waals surface area contributed by atoms with Crippen molar-refractivity contribution in [2.24, 2.45) is 5.92 Å². The van der Waals surface area contributed by atoms with Crippen LogP contribution in [-0.4, -0.2) is 23.2 Å². The first-order valence-electron chi connectivity index (χ1n) is 11.9. The summed E-state index contributed by atoms with van der Waals surface area (Å²) in [5, 5.41) is 11.0. The predicted molar refractivity (Wildman–Crippen MR) is 129 cm³/mol. The molecule has 0 bridgehead atoms. The van der Waals surface area contributed by atoms with Crippen LogP contribution < -0.4 is 9.64 Å². The number of aryl methyl sites for hydroxylation is 1. The number of phenolic OH excluding ortho intramolecular Hbond substituents is 1. The Hall–Kier alpha value is -2.75. The molecule has 0 saturated heterocycles. The van der Waals surface area contributed by atoms with E-state index in [1.165, 1.54) is 11.1 Å².